The second kappa shape index (κ2) is 3.65. The predicted molar refractivity (Wildman–Crippen MR) is 47.0 cm³/mol. The maximum absolute atomic E-state index is 9.69. The van der Waals surface area contributed by atoms with Crippen molar-refractivity contribution in [3.63, 3.8) is 0 Å². The molecule has 2 heterocycles. The van der Waals surface area contributed by atoms with E-state index in [0.717, 1.165) is 0 Å². The summed E-state index contributed by atoms with van der Waals surface area (Å²) in [4.78, 5) is 19.4. The van der Waals surface area contributed by atoms with Crippen molar-refractivity contribution in [3.8, 4) is 0 Å². The molecule has 0 aromatic rings. The average molecular weight is 230 g/mol. The number of hydrogen-bond donors (Lipinski definition) is 2. The Hall–Kier alpha value is 0.620. The molecule has 0 amide bonds. The zero-order valence-electron chi connectivity index (χ0n) is 6.96. The SMILES string of the molecule is O[P]1(C[P]2(O)OCCO2)OCCO1. The predicted octanol–water partition coefficient (Wildman–Crippen LogP) is 0.547. The van der Waals surface area contributed by atoms with Gasteiger partial charge < -0.3 is 27.9 Å². The van der Waals surface area contributed by atoms with Gasteiger partial charge in [0.25, 0.3) is 0 Å². The van der Waals surface area contributed by atoms with E-state index in [4.69, 9.17) is 18.1 Å². The smallest absolute Gasteiger partial charge is 0.242 e. The van der Waals surface area contributed by atoms with Gasteiger partial charge in [-0.15, -0.1) is 0 Å². The van der Waals surface area contributed by atoms with E-state index < -0.39 is 15.9 Å². The third kappa shape index (κ3) is 2.35. The van der Waals surface area contributed by atoms with E-state index in [1.807, 2.05) is 0 Å². The lowest BCUT2D eigenvalue weighted by Gasteiger charge is -2.29. The van der Waals surface area contributed by atoms with Gasteiger partial charge in [0.2, 0.25) is 15.9 Å². The fourth-order valence-electron chi connectivity index (χ4n) is 1.18. The van der Waals surface area contributed by atoms with Gasteiger partial charge in [0.1, 0.15) is 5.90 Å². The quantitative estimate of drug-likeness (QED) is 0.674. The van der Waals surface area contributed by atoms with E-state index in [-0.39, 0.29) is 5.90 Å². The van der Waals surface area contributed by atoms with Crippen LogP contribution in [0.3, 0.4) is 0 Å². The summed E-state index contributed by atoms with van der Waals surface area (Å²) in [6.07, 6.45) is 0. The van der Waals surface area contributed by atoms with Crippen molar-refractivity contribution in [2.75, 3.05) is 32.3 Å². The molecule has 8 heteroatoms. The zero-order chi connectivity index (χ0) is 9.36. The number of rotatable bonds is 2. The Bertz CT molecular complexity index is 167. The molecule has 2 saturated heterocycles. The molecule has 0 spiro atoms. The van der Waals surface area contributed by atoms with Gasteiger partial charge in [-0.25, -0.2) is 0 Å². The van der Waals surface area contributed by atoms with Crippen molar-refractivity contribution >= 4 is 15.9 Å². The maximum atomic E-state index is 9.69. The van der Waals surface area contributed by atoms with E-state index in [0.29, 0.717) is 26.4 Å². The van der Waals surface area contributed by atoms with Crippen LogP contribution in [0.25, 0.3) is 0 Å². The highest BCUT2D eigenvalue weighted by Gasteiger charge is 2.45. The fourth-order valence-corrected chi connectivity index (χ4v) is 5.88. The molecular formula is C5H12O6P2. The summed E-state index contributed by atoms with van der Waals surface area (Å²) in [5.74, 6) is -0.0417. The van der Waals surface area contributed by atoms with Crippen LogP contribution >= 0.6 is 15.9 Å². The Labute approximate surface area is 76.9 Å². The van der Waals surface area contributed by atoms with Crippen LogP contribution in [0.1, 0.15) is 0 Å². The second-order valence-corrected chi connectivity index (χ2v) is 7.46. The summed E-state index contributed by atoms with van der Waals surface area (Å²) < 4.78 is 20.1. The van der Waals surface area contributed by atoms with E-state index in [1.165, 1.54) is 0 Å². The summed E-state index contributed by atoms with van der Waals surface area (Å²) in [6.45, 7) is 1.46. The van der Waals surface area contributed by atoms with Gasteiger partial charge in [-0.3, -0.25) is 0 Å². The molecule has 0 bridgehead atoms. The van der Waals surface area contributed by atoms with Crippen LogP contribution in [0.5, 0.6) is 0 Å². The molecule has 0 aromatic heterocycles. The molecule has 0 unspecified atom stereocenters. The van der Waals surface area contributed by atoms with Gasteiger partial charge in [0, 0.05) is 0 Å². The highest BCUT2D eigenvalue weighted by molar-refractivity contribution is 7.78. The van der Waals surface area contributed by atoms with E-state index in [2.05, 4.69) is 0 Å². The monoisotopic (exact) mass is 230 g/mol. The third-order valence-electron chi connectivity index (χ3n) is 1.70. The summed E-state index contributed by atoms with van der Waals surface area (Å²) in [6, 6.07) is 0. The second-order valence-electron chi connectivity index (χ2n) is 2.75. The normalized spacial score (nSPS) is 30.9. The highest BCUT2D eigenvalue weighted by atomic mass is 31.3. The molecule has 2 fully saturated rings. The van der Waals surface area contributed by atoms with Gasteiger partial charge in [0.15, 0.2) is 0 Å². The Morgan fingerprint density at radius 3 is 1.38 bits per heavy atom. The summed E-state index contributed by atoms with van der Waals surface area (Å²) in [5.41, 5.74) is 0. The third-order valence-corrected chi connectivity index (χ3v) is 6.90. The standard InChI is InChI=1S/C5H12O6P2/c6-12(8-1-2-9-12)5-13(7)10-3-4-11-13/h6-7H,1-5H2. The topological polar surface area (TPSA) is 77.4 Å². The largest absolute Gasteiger partial charge is 0.335 e. The first-order valence-electron chi connectivity index (χ1n) is 3.92. The minimum absolute atomic E-state index is 0.0417. The average Bonchev–Trinajstić information content (AvgIpc) is 2.60. The first-order chi connectivity index (χ1) is 6.12. The molecule has 0 aromatic carbocycles. The molecule has 2 N–H and O–H groups in total. The van der Waals surface area contributed by atoms with Gasteiger partial charge >= 0.3 is 0 Å². The lowest BCUT2D eigenvalue weighted by Crippen LogP contribution is -2.04. The summed E-state index contributed by atoms with van der Waals surface area (Å²) in [5, 5.41) is 0. The molecule has 0 aliphatic carbocycles. The van der Waals surface area contributed by atoms with Crippen LogP contribution in [0.15, 0.2) is 0 Å². The summed E-state index contributed by atoms with van der Waals surface area (Å²) in [7, 11) is -5.77. The Balaban J connectivity index is 1.95. The van der Waals surface area contributed by atoms with Crippen LogP contribution < -0.4 is 0 Å². The molecule has 6 nitrogen and oxygen atoms in total. The minimum atomic E-state index is -2.89. The molecule has 0 atom stereocenters. The van der Waals surface area contributed by atoms with Gasteiger partial charge in [-0.1, -0.05) is 0 Å². The molecule has 2 radical (unpaired) electrons. The van der Waals surface area contributed by atoms with E-state index in [9.17, 15) is 9.79 Å². The molecule has 2 aliphatic rings. The van der Waals surface area contributed by atoms with Gasteiger partial charge in [0.05, 0.1) is 26.4 Å². The molecule has 78 valence electrons. The first-order valence-corrected chi connectivity index (χ1v) is 7.44. The van der Waals surface area contributed by atoms with Crippen molar-refractivity contribution < 1.29 is 27.9 Å². The van der Waals surface area contributed by atoms with Gasteiger partial charge in [-0.05, 0) is 0 Å². The van der Waals surface area contributed by atoms with Crippen LogP contribution in [0.2, 0.25) is 0 Å². The lowest BCUT2D eigenvalue weighted by molar-refractivity contribution is 0.292. The minimum Gasteiger partial charge on any atom is -0.335 e. The van der Waals surface area contributed by atoms with Crippen molar-refractivity contribution in [3.05, 3.63) is 0 Å². The van der Waals surface area contributed by atoms with Crippen LogP contribution in [0, 0.1) is 0 Å². The Kier molecular flexibility index (Phi) is 2.85. The molecule has 0 saturated carbocycles. The first kappa shape index (κ1) is 10.1. The maximum Gasteiger partial charge on any atom is 0.242 e. The van der Waals surface area contributed by atoms with Crippen LogP contribution in [0.4, 0.5) is 0 Å². The van der Waals surface area contributed by atoms with Gasteiger partial charge in [-0.2, -0.15) is 0 Å². The summed E-state index contributed by atoms with van der Waals surface area (Å²) >= 11 is 0. The zero-order valence-corrected chi connectivity index (χ0v) is 8.75. The molecule has 13 heavy (non-hydrogen) atoms. The Morgan fingerprint density at radius 2 is 1.08 bits per heavy atom. The number of hydrogen-bond acceptors (Lipinski definition) is 6. The van der Waals surface area contributed by atoms with Crippen molar-refractivity contribution in [2.45, 2.75) is 0 Å². The van der Waals surface area contributed by atoms with E-state index in [1.54, 1.807) is 0 Å². The lowest BCUT2D eigenvalue weighted by atomic mass is 10.8. The van der Waals surface area contributed by atoms with Crippen molar-refractivity contribution in [1.29, 1.82) is 0 Å². The van der Waals surface area contributed by atoms with Crippen molar-refractivity contribution in [1.82, 2.24) is 0 Å². The molecule has 2 rings (SSSR count). The van der Waals surface area contributed by atoms with E-state index >= 15 is 0 Å². The highest BCUT2D eigenvalue weighted by Crippen LogP contribution is 2.75. The van der Waals surface area contributed by atoms with Crippen molar-refractivity contribution in [2.24, 2.45) is 0 Å². The molecular weight excluding hydrogens is 218 g/mol. The molecule has 2 aliphatic heterocycles. The van der Waals surface area contributed by atoms with Crippen LogP contribution in [-0.4, -0.2) is 42.1 Å². The van der Waals surface area contributed by atoms with Crippen LogP contribution in [-0.2, 0) is 18.1 Å². The Morgan fingerprint density at radius 1 is 0.769 bits per heavy atom. The fraction of sp³-hybridized carbons (Fsp3) is 1.00.